The third-order valence-electron chi connectivity index (χ3n) is 12.6. The van der Waals surface area contributed by atoms with E-state index in [0.717, 1.165) is 49.7 Å². The van der Waals surface area contributed by atoms with E-state index in [1.165, 1.54) is 0 Å². The van der Waals surface area contributed by atoms with Crippen LogP contribution < -0.4 is 47.5 Å². The average molecular weight is 1070 g/mol. The third-order valence-corrected chi connectivity index (χ3v) is 14.2. The topological polar surface area (TPSA) is 293 Å². The molecule has 0 bridgehead atoms. The maximum atomic E-state index is 14.3. The largest absolute Gasteiger partial charge is 0.487 e. The molecule has 0 fully saturated rings. The van der Waals surface area contributed by atoms with E-state index in [1.807, 2.05) is 51.1 Å². The summed E-state index contributed by atoms with van der Waals surface area (Å²) in [7, 11) is -4.19. The first-order chi connectivity index (χ1) is 35.3. The highest BCUT2D eigenvalue weighted by Crippen LogP contribution is 2.43. The number of ether oxygens (including phenoxy) is 4. The molecule has 0 aliphatic carbocycles. The molecule has 1 heterocycles. The Morgan fingerprint density at radius 3 is 2.08 bits per heavy atom. The molecule has 0 radical (unpaired) electrons. The van der Waals surface area contributed by atoms with Crippen molar-refractivity contribution in [2.24, 2.45) is 22.4 Å². The second-order valence-electron chi connectivity index (χ2n) is 21.2. The molecule has 1 aliphatic heterocycles. The van der Waals surface area contributed by atoms with Gasteiger partial charge in [-0.1, -0.05) is 83.2 Å². The van der Waals surface area contributed by atoms with Crippen molar-refractivity contribution in [2.45, 2.75) is 181 Å². The molecule has 2 aromatic carbocycles. The van der Waals surface area contributed by atoms with Crippen LogP contribution in [-0.2, 0) is 61.0 Å². The molecule has 1 aliphatic rings. The Morgan fingerprint density at radius 1 is 0.787 bits per heavy atom. The van der Waals surface area contributed by atoms with E-state index in [0.29, 0.717) is 48.6 Å². The summed E-state index contributed by atoms with van der Waals surface area (Å²) >= 11 is 0. The maximum Gasteiger partial charge on any atom is 0.264 e. The highest BCUT2D eigenvalue weighted by molar-refractivity contribution is 7.90. The summed E-state index contributed by atoms with van der Waals surface area (Å²) in [5.74, 6) is -3.29. The third kappa shape index (κ3) is 22.0. The summed E-state index contributed by atoms with van der Waals surface area (Å²) in [6, 6.07) is 4.58. The number of unbranched alkanes of at least 4 members (excludes halogenated alkanes) is 5. The number of nitrogens with one attached hydrogen (secondary N) is 6. The number of hydrogen-bond donors (Lipinski definition) is 8. The zero-order valence-electron chi connectivity index (χ0n) is 46.5. The number of carbonyl (C=O) groups is 5. The first-order valence-corrected chi connectivity index (χ1v) is 27.9. The van der Waals surface area contributed by atoms with Gasteiger partial charge in [-0.15, -0.1) is 0 Å². The summed E-state index contributed by atoms with van der Waals surface area (Å²) in [6.07, 6.45) is 7.12. The minimum atomic E-state index is -4.19. The van der Waals surface area contributed by atoms with E-state index < -0.39 is 81.5 Å². The average Bonchev–Trinajstić information content (AvgIpc) is 3.67. The van der Waals surface area contributed by atoms with E-state index in [2.05, 4.69) is 43.2 Å². The van der Waals surface area contributed by atoms with Crippen molar-refractivity contribution in [3.8, 4) is 5.75 Å². The van der Waals surface area contributed by atoms with Gasteiger partial charge in [0.05, 0.1) is 36.9 Å². The molecular formula is C54H89N9O11S. The van der Waals surface area contributed by atoms with Crippen LogP contribution in [0.25, 0.3) is 0 Å². The number of nitrogens with two attached hydrogens (primary N) is 2. The van der Waals surface area contributed by atoms with Gasteiger partial charge in [0.25, 0.3) is 10.0 Å². The van der Waals surface area contributed by atoms with E-state index >= 15 is 0 Å². The van der Waals surface area contributed by atoms with Crippen LogP contribution in [0.4, 0.5) is 0 Å². The van der Waals surface area contributed by atoms with Crippen molar-refractivity contribution in [1.29, 1.82) is 0 Å². The molecule has 5 amide bonds. The lowest BCUT2D eigenvalue weighted by atomic mass is 9.94. The van der Waals surface area contributed by atoms with Crippen molar-refractivity contribution in [3.63, 3.8) is 0 Å². The molecule has 3 rings (SSSR count). The number of fused-ring (bicyclic) bond motifs is 1. The molecule has 422 valence electrons. The predicted molar refractivity (Wildman–Crippen MR) is 291 cm³/mol. The number of benzene rings is 2. The monoisotopic (exact) mass is 1070 g/mol. The smallest absolute Gasteiger partial charge is 0.264 e. The SMILES string of the molecule is CCCCCCCCNC(=O)[C@H](Cc1ccccc1)NC(=O)[C@H](COC(C)(C)C)NC(=O)[C@@H](NC(=O)[C@H](CCCN=C(N)NS(=O)(=O)c1c(C)c(C)c2c(c1C)CC(C)(C)O2)NC(=O)COCCOCCN)C(C)C. The molecule has 0 saturated carbocycles. The number of sulfonamides is 1. The van der Waals surface area contributed by atoms with E-state index in [4.69, 9.17) is 30.4 Å². The van der Waals surface area contributed by atoms with Crippen LogP contribution in [0, 0.1) is 26.7 Å². The summed E-state index contributed by atoms with van der Waals surface area (Å²) in [5, 5.41) is 14.1. The number of nitrogens with zero attached hydrogens (tertiary/aromatic N) is 1. The number of hydrogen-bond acceptors (Lipinski definition) is 13. The van der Waals surface area contributed by atoms with Gasteiger partial charge in [0, 0.05) is 38.0 Å². The van der Waals surface area contributed by atoms with Crippen LogP contribution in [0.1, 0.15) is 135 Å². The molecule has 0 aromatic heterocycles. The Labute approximate surface area is 446 Å². The molecule has 10 N–H and O–H groups in total. The minimum absolute atomic E-state index is 0.0145. The zero-order valence-corrected chi connectivity index (χ0v) is 47.3. The molecule has 75 heavy (non-hydrogen) atoms. The van der Waals surface area contributed by atoms with Crippen LogP contribution in [-0.4, -0.2) is 132 Å². The van der Waals surface area contributed by atoms with Gasteiger partial charge in [-0.3, -0.25) is 29.0 Å². The highest BCUT2D eigenvalue weighted by Gasteiger charge is 2.37. The van der Waals surface area contributed by atoms with Gasteiger partial charge >= 0.3 is 0 Å². The number of guanidine groups is 1. The van der Waals surface area contributed by atoms with Crippen molar-refractivity contribution < 1.29 is 51.3 Å². The van der Waals surface area contributed by atoms with Crippen LogP contribution in [0.15, 0.2) is 40.2 Å². The first-order valence-electron chi connectivity index (χ1n) is 26.5. The van der Waals surface area contributed by atoms with Gasteiger partial charge in [0.15, 0.2) is 0 Å². The van der Waals surface area contributed by atoms with Gasteiger partial charge in [0.2, 0.25) is 35.5 Å². The molecule has 20 nitrogen and oxygen atoms in total. The lowest BCUT2D eigenvalue weighted by molar-refractivity contribution is -0.137. The van der Waals surface area contributed by atoms with E-state index in [9.17, 15) is 32.4 Å². The van der Waals surface area contributed by atoms with Gasteiger partial charge in [-0.2, -0.15) is 0 Å². The molecule has 0 spiro atoms. The van der Waals surface area contributed by atoms with Gasteiger partial charge in [0.1, 0.15) is 42.1 Å². The molecule has 4 atom stereocenters. The Hall–Kier alpha value is -5.35. The summed E-state index contributed by atoms with van der Waals surface area (Å²) in [4.78, 5) is 73.9. The van der Waals surface area contributed by atoms with Crippen molar-refractivity contribution in [1.82, 2.24) is 31.3 Å². The number of carbonyl (C=O) groups excluding carboxylic acids is 5. The van der Waals surface area contributed by atoms with Crippen molar-refractivity contribution in [3.05, 3.63) is 58.1 Å². The van der Waals surface area contributed by atoms with Gasteiger partial charge in [-0.25, -0.2) is 13.1 Å². The second-order valence-corrected chi connectivity index (χ2v) is 22.8. The molecular weight excluding hydrogens is 983 g/mol. The van der Waals surface area contributed by atoms with E-state index in [-0.39, 0.29) is 62.4 Å². The Balaban J connectivity index is 1.81. The Morgan fingerprint density at radius 2 is 1.43 bits per heavy atom. The summed E-state index contributed by atoms with van der Waals surface area (Å²) in [6.45, 7) is 20.8. The standard InChI is InChI=1S/C54H89N9O11S/c1-12-13-14-15-16-20-26-57-48(65)42(31-39-22-18-17-19-23-39)60-50(67)43(33-73-53(7,8)9)61-51(68)45(35(2)3)62-49(66)41(59-44(64)34-72-30-29-71-28-25-55)24-21-27-58-52(56)63-75(69,70)47-37(5)36(4)46-40(38(47)6)32-54(10,11)74-46/h17-19,22-23,35,41-43,45H,12-16,20-21,24-34,55H2,1-11H3,(H,57,65)(H,59,64)(H,60,67)(H,61,68)(H,62,66)(H3,56,58,63)/t41-,42-,43-,45-/m0/s1. The fourth-order valence-corrected chi connectivity index (χ4v) is 10.00. The lowest BCUT2D eigenvalue weighted by Crippen LogP contribution is -2.60. The van der Waals surface area contributed by atoms with Gasteiger partial charge in [-0.05, 0) is 103 Å². The second kappa shape index (κ2) is 31.0. The molecule has 21 heteroatoms. The van der Waals surface area contributed by atoms with Gasteiger partial charge < -0.3 is 57.0 Å². The highest BCUT2D eigenvalue weighted by atomic mass is 32.2. The number of amides is 5. The zero-order chi connectivity index (χ0) is 55.9. The van der Waals surface area contributed by atoms with Crippen LogP contribution in [0.5, 0.6) is 5.75 Å². The molecule has 0 saturated heterocycles. The van der Waals surface area contributed by atoms with Crippen LogP contribution in [0.3, 0.4) is 0 Å². The first kappa shape index (κ1) is 63.9. The predicted octanol–water partition coefficient (Wildman–Crippen LogP) is 3.82. The summed E-state index contributed by atoms with van der Waals surface area (Å²) < 4.78 is 52.9. The van der Waals surface area contributed by atoms with Crippen LogP contribution >= 0.6 is 0 Å². The Bertz CT molecular complexity index is 2320. The number of aliphatic imine (C=N–C) groups is 1. The normalized spacial score (nSPS) is 15.0. The van der Waals surface area contributed by atoms with E-state index in [1.54, 1.807) is 48.5 Å². The fourth-order valence-electron chi connectivity index (χ4n) is 8.47. The quantitative estimate of drug-likeness (QED) is 0.0287. The fraction of sp³-hybridized carbons (Fsp3) is 0.667. The molecule has 0 unspecified atom stereocenters. The number of rotatable bonds is 33. The Kier molecular flexibility index (Phi) is 26.4. The van der Waals surface area contributed by atoms with Crippen molar-refractivity contribution in [2.75, 3.05) is 52.7 Å². The molecule has 2 aromatic rings. The summed E-state index contributed by atoms with van der Waals surface area (Å²) in [5.41, 5.74) is 13.9. The minimum Gasteiger partial charge on any atom is -0.487 e. The van der Waals surface area contributed by atoms with Crippen LogP contribution in [0.2, 0.25) is 0 Å². The maximum absolute atomic E-state index is 14.3. The lowest BCUT2D eigenvalue weighted by Gasteiger charge is -2.29. The van der Waals surface area contributed by atoms with Crippen molar-refractivity contribution >= 4 is 45.5 Å².